The summed E-state index contributed by atoms with van der Waals surface area (Å²) in [5, 5.41) is 0. The monoisotopic (exact) mass is 367 g/mol. The van der Waals surface area contributed by atoms with Crippen molar-refractivity contribution >= 4 is 27.7 Å². The standard InChI is InChI=1S/C18H26BrNO2/c1-12(2)11-13-9-10-14-15(19)7-6-8-16(14)20(13)17(21)22-18(3,4)5/h6-8,12-13H,9-11H2,1-5H3. The molecule has 1 aromatic carbocycles. The highest BCUT2D eigenvalue weighted by Crippen LogP contribution is 2.38. The van der Waals surface area contributed by atoms with E-state index in [0.29, 0.717) is 5.92 Å². The largest absolute Gasteiger partial charge is 0.443 e. The van der Waals surface area contributed by atoms with Crippen LogP contribution in [0.25, 0.3) is 0 Å². The Bertz CT molecular complexity index is 549. The first kappa shape index (κ1) is 17.3. The SMILES string of the molecule is CC(C)CC1CCc2c(Br)cccc2N1C(=O)OC(C)(C)C. The number of rotatable bonds is 2. The Morgan fingerprint density at radius 3 is 2.68 bits per heavy atom. The lowest BCUT2D eigenvalue weighted by Gasteiger charge is -2.39. The van der Waals surface area contributed by atoms with E-state index in [9.17, 15) is 4.79 Å². The summed E-state index contributed by atoms with van der Waals surface area (Å²) in [5.41, 5.74) is 1.71. The van der Waals surface area contributed by atoms with Crippen molar-refractivity contribution in [1.29, 1.82) is 0 Å². The highest BCUT2D eigenvalue weighted by atomic mass is 79.9. The number of hydrogen-bond acceptors (Lipinski definition) is 2. The van der Waals surface area contributed by atoms with Crippen molar-refractivity contribution in [3.8, 4) is 0 Å². The van der Waals surface area contributed by atoms with Crippen molar-refractivity contribution in [2.45, 2.75) is 65.5 Å². The van der Waals surface area contributed by atoms with Crippen LogP contribution < -0.4 is 4.90 Å². The number of ether oxygens (including phenoxy) is 1. The molecule has 1 aromatic rings. The minimum absolute atomic E-state index is 0.205. The van der Waals surface area contributed by atoms with E-state index in [2.05, 4.69) is 29.8 Å². The van der Waals surface area contributed by atoms with Gasteiger partial charge in [-0.2, -0.15) is 0 Å². The van der Waals surface area contributed by atoms with Gasteiger partial charge in [0.05, 0.1) is 5.69 Å². The van der Waals surface area contributed by atoms with Gasteiger partial charge in [-0.15, -0.1) is 0 Å². The van der Waals surface area contributed by atoms with Gasteiger partial charge < -0.3 is 4.74 Å². The van der Waals surface area contributed by atoms with Crippen molar-refractivity contribution in [3.63, 3.8) is 0 Å². The molecular formula is C18H26BrNO2. The molecule has 0 aromatic heterocycles. The van der Waals surface area contributed by atoms with Crippen molar-refractivity contribution in [2.24, 2.45) is 5.92 Å². The lowest BCUT2D eigenvalue weighted by molar-refractivity contribution is 0.0556. The summed E-state index contributed by atoms with van der Waals surface area (Å²) < 4.78 is 6.73. The van der Waals surface area contributed by atoms with E-state index in [0.717, 1.165) is 29.4 Å². The molecule has 22 heavy (non-hydrogen) atoms. The third-order valence-electron chi connectivity index (χ3n) is 3.78. The Balaban J connectivity index is 2.38. The van der Waals surface area contributed by atoms with Crippen LogP contribution in [0.4, 0.5) is 10.5 Å². The maximum Gasteiger partial charge on any atom is 0.415 e. The van der Waals surface area contributed by atoms with Crippen molar-refractivity contribution in [3.05, 3.63) is 28.2 Å². The third-order valence-corrected chi connectivity index (χ3v) is 4.52. The number of benzene rings is 1. The number of amides is 1. The topological polar surface area (TPSA) is 29.5 Å². The number of anilines is 1. The van der Waals surface area contributed by atoms with E-state index >= 15 is 0 Å². The van der Waals surface area contributed by atoms with E-state index in [1.807, 2.05) is 43.9 Å². The fourth-order valence-corrected chi connectivity index (χ4v) is 3.54. The molecule has 0 radical (unpaired) electrons. The molecule has 1 unspecified atom stereocenters. The van der Waals surface area contributed by atoms with Gasteiger partial charge in [0.1, 0.15) is 5.60 Å². The number of fused-ring (bicyclic) bond motifs is 1. The number of hydrogen-bond donors (Lipinski definition) is 0. The quantitative estimate of drug-likeness (QED) is 0.685. The van der Waals surface area contributed by atoms with Crippen LogP contribution in [0, 0.1) is 5.92 Å². The molecule has 0 saturated heterocycles. The lowest BCUT2D eigenvalue weighted by atomic mass is 9.91. The Kier molecular flexibility index (Phi) is 5.21. The van der Waals surface area contributed by atoms with E-state index in [1.54, 1.807) is 0 Å². The van der Waals surface area contributed by atoms with E-state index in [4.69, 9.17) is 4.74 Å². The molecule has 1 atom stereocenters. The second-order valence-electron chi connectivity index (χ2n) is 7.41. The molecule has 0 fully saturated rings. The van der Waals surface area contributed by atoms with Crippen LogP contribution in [-0.4, -0.2) is 17.7 Å². The summed E-state index contributed by atoms with van der Waals surface area (Å²) >= 11 is 3.61. The van der Waals surface area contributed by atoms with E-state index < -0.39 is 5.60 Å². The molecule has 1 aliphatic rings. The number of carbonyl (C=O) groups is 1. The Morgan fingerprint density at radius 2 is 2.09 bits per heavy atom. The van der Waals surface area contributed by atoms with Gasteiger partial charge >= 0.3 is 6.09 Å². The van der Waals surface area contributed by atoms with Gasteiger partial charge in [0.15, 0.2) is 0 Å². The maximum absolute atomic E-state index is 12.8. The van der Waals surface area contributed by atoms with Crippen LogP contribution in [-0.2, 0) is 11.2 Å². The zero-order valence-corrected chi connectivity index (χ0v) is 15.7. The van der Waals surface area contributed by atoms with Crippen LogP contribution in [0.15, 0.2) is 22.7 Å². The zero-order valence-electron chi connectivity index (χ0n) is 14.1. The first-order valence-corrected chi connectivity index (χ1v) is 8.78. The Labute approximate surface area is 142 Å². The van der Waals surface area contributed by atoms with Crippen molar-refractivity contribution in [1.82, 2.24) is 0 Å². The average Bonchev–Trinajstić information content (AvgIpc) is 2.35. The summed E-state index contributed by atoms with van der Waals surface area (Å²) in [7, 11) is 0. The fraction of sp³-hybridized carbons (Fsp3) is 0.611. The highest BCUT2D eigenvalue weighted by Gasteiger charge is 2.34. The van der Waals surface area contributed by atoms with Crippen LogP contribution in [0.2, 0.25) is 0 Å². The maximum atomic E-state index is 12.8. The summed E-state index contributed by atoms with van der Waals surface area (Å²) in [6.07, 6.45) is 2.73. The predicted molar refractivity (Wildman–Crippen MR) is 94.4 cm³/mol. The van der Waals surface area contributed by atoms with Gasteiger partial charge in [0, 0.05) is 10.5 Å². The van der Waals surface area contributed by atoms with Gasteiger partial charge in [-0.1, -0.05) is 35.8 Å². The Morgan fingerprint density at radius 1 is 1.41 bits per heavy atom. The predicted octanol–water partition coefficient (Wildman–Crippen LogP) is 5.55. The zero-order chi connectivity index (χ0) is 16.5. The van der Waals surface area contributed by atoms with E-state index in [-0.39, 0.29) is 12.1 Å². The summed E-state index contributed by atoms with van der Waals surface area (Å²) in [4.78, 5) is 14.6. The first-order valence-electron chi connectivity index (χ1n) is 7.98. The highest BCUT2D eigenvalue weighted by molar-refractivity contribution is 9.10. The number of nitrogens with zero attached hydrogens (tertiary/aromatic N) is 1. The third kappa shape index (κ3) is 4.03. The van der Waals surface area contributed by atoms with E-state index in [1.165, 1.54) is 5.56 Å². The first-order chi connectivity index (χ1) is 10.2. The van der Waals surface area contributed by atoms with Crippen molar-refractivity contribution in [2.75, 3.05) is 4.90 Å². The smallest absolute Gasteiger partial charge is 0.415 e. The van der Waals surface area contributed by atoms with Crippen LogP contribution in [0.3, 0.4) is 0 Å². The summed E-state index contributed by atoms with van der Waals surface area (Å²) in [5.74, 6) is 0.545. The van der Waals surface area contributed by atoms with Crippen LogP contribution in [0.1, 0.15) is 53.0 Å². The van der Waals surface area contributed by atoms with Gasteiger partial charge in [0.25, 0.3) is 0 Å². The van der Waals surface area contributed by atoms with Crippen molar-refractivity contribution < 1.29 is 9.53 Å². The molecule has 0 saturated carbocycles. The second kappa shape index (κ2) is 6.61. The molecule has 3 nitrogen and oxygen atoms in total. The minimum atomic E-state index is -0.483. The average molecular weight is 368 g/mol. The second-order valence-corrected chi connectivity index (χ2v) is 8.26. The molecule has 0 bridgehead atoms. The van der Waals surface area contributed by atoms with Gasteiger partial charge in [-0.3, -0.25) is 4.90 Å². The van der Waals surface area contributed by atoms with Gasteiger partial charge in [0.2, 0.25) is 0 Å². The van der Waals surface area contributed by atoms with Crippen LogP contribution in [0.5, 0.6) is 0 Å². The molecule has 4 heteroatoms. The fourth-order valence-electron chi connectivity index (χ4n) is 2.98. The molecular weight excluding hydrogens is 342 g/mol. The molecule has 1 aliphatic heterocycles. The molecule has 1 amide bonds. The summed E-state index contributed by atoms with van der Waals surface area (Å²) in [6.45, 7) is 10.1. The number of halogens is 1. The van der Waals surface area contributed by atoms with Gasteiger partial charge in [-0.25, -0.2) is 4.79 Å². The molecule has 0 aliphatic carbocycles. The normalized spacial score (nSPS) is 18.3. The van der Waals surface area contributed by atoms with Gasteiger partial charge in [-0.05, 0) is 63.6 Å². The molecule has 0 N–H and O–H groups in total. The molecule has 2 rings (SSSR count). The molecule has 122 valence electrons. The molecule has 1 heterocycles. The lowest BCUT2D eigenvalue weighted by Crippen LogP contribution is -2.46. The Hall–Kier alpha value is -1.03. The summed E-state index contributed by atoms with van der Waals surface area (Å²) in [6, 6.07) is 6.25. The minimum Gasteiger partial charge on any atom is -0.443 e. The van der Waals surface area contributed by atoms with Crippen LogP contribution >= 0.6 is 15.9 Å². The molecule has 0 spiro atoms. The number of carbonyl (C=O) groups excluding carboxylic acids is 1.